The average Bonchev–Trinajstić information content (AvgIpc) is 3.41. The summed E-state index contributed by atoms with van der Waals surface area (Å²) >= 11 is 0. The van der Waals surface area contributed by atoms with Gasteiger partial charge < -0.3 is 20.3 Å². The Balaban J connectivity index is 3.30. The first-order valence-corrected chi connectivity index (χ1v) is 34.1. The minimum Gasteiger partial charge on any atom is -0.466 e. The fraction of sp³-hybridized carbons (Fsp3) is 0.913. The molecular formula is C69H133NO5. The Morgan fingerprint density at radius 2 is 0.627 bits per heavy atom. The first-order valence-electron chi connectivity index (χ1n) is 34.1. The van der Waals surface area contributed by atoms with E-state index in [1.165, 1.54) is 308 Å². The minimum atomic E-state index is -0.838. The topological polar surface area (TPSA) is 95.9 Å². The molecule has 75 heavy (non-hydrogen) atoms. The summed E-state index contributed by atoms with van der Waals surface area (Å²) < 4.78 is 5.48. The van der Waals surface area contributed by atoms with Crippen LogP contribution in [0.25, 0.3) is 0 Å². The van der Waals surface area contributed by atoms with Crippen molar-refractivity contribution in [2.75, 3.05) is 13.2 Å². The van der Waals surface area contributed by atoms with Crippen molar-refractivity contribution in [3.05, 3.63) is 24.3 Å². The molecule has 0 fully saturated rings. The summed E-state index contributed by atoms with van der Waals surface area (Å²) in [7, 11) is 0. The third kappa shape index (κ3) is 61.4. The van der Waals surface area contributed by atoms with Gasteiger partial charge in [-0.1, -0.05) is 334 Å². The third-order valence-electron chi connectivity index (χ3n) is 16.0. The van der Waals surface area contributed by atoms with Crippen LogP contribution in [0.2, 0.25) is 0 Å². The molecule has 0 aromatic rings. The molecule has 2 unspecified atom stereocenters. The highest BCUT2D eigenvalue weighted by atomic mass is 16.5. The molecule has 6 heteroatoms. The van der Waals surface area contributed by atoms with E-state index in [2.05, 4.69) is 31.3 Å². The molecule has 0 radical (unpaired) electrons. The van der Waals surface area contributed by atoms with Gasteiger partial charge >= 0.3 is 5.97 Å². The molecule has 0 aliphatic carbocycles. The highest BCUT2D eigenvalue weighted by Crippen LogP contribution is 2.19. The van der Waals surface area contributed by atoms with E-state index in [1.54, 1.807) is 6.08 Å². The Bertz CT molecular complexity index is 1170. The predicted molar refractivity (Wildman–Crippen MR) is 329 cm³/mol. The van der Waals surface area contributed by atoms with Crippen LogP contribution in [0.4, 0.5) is 0 Å². The number of rotatable bonds is 64. The number of carbonyl (C=O) groups is 2. The van der Waals surface area contributed by atoms with Gasteiger partial charge in [0.15, 0.2) is 0 Å². The Kier molecular flexibility index (Phi) is 63.4. The predicted octanol–water partition coefficient (Wildman–Crippen LogP) is 21.8. The van der Waals surface area contributed by atoms with Gasteiger partial charge in [0.25, 0.3) is 0 Å². The molecule has 0 aromatic heterocycles. The van der Waals surface area contributed by atoms with Crippen molar-refractivity contribution >= 4 is 11.9 Å². The van der Waals surface area contributed by atoms with Crippen LogP contribution in [0.5, 0.6) is 0 Å². The molecule has 0 saturated heterocycles. The van der Waals surface area contributed by atoms with Crippen molar-refractivity contribution in [3.8, 4) is 0 Å². The van der Waals surface area contributed by atoms with Gasteiger partial charge in [-0.25, -0.2) is 0 Å². The fourth-order valence-corrected chi connectivity index (χ4v) is 10.7. The Labute approximate surface area is 469 Å². The Hall–Kier alpha value is -1.66. The molecule has 6 nitrogen and oxygen atoms in total. The number of nitrogens with one attached hydrogen (secondary N) is 1. The number of aliphatic hydroxyl groups excluding tert-OH is 2. The highest BCUT2D eigenvalue weighted by Gasteiger charge is 2.18. The van der Waals surface area contributed by atoms with Gasteiger partial charge in [0.2, 0.25) is 5.91 Å². The van der Waals surface area contributed by atoms with E-state index in [1.807, 2.05) is 6.08 Å². The molecule has 0 aliphatic rings. The summed E-state index contributed by atoms with van der Waals surface area (Å²) in [5.41, 5.74) is 0. The fourth-order valence-electron chi connectivity index (χ4n) is 10.7. The SMILES string of the molecule is CCCCC/C=C\CCCCCCCC(=O)OCCCCCCCCCCCCCCCCCCCCCCCCCCCCCCCCCCCCCC(=O)NC(CO)C(O)/C=C/CCCCCCCCCCC. The smallest absolute Gasteiger partial charge is 0.305 e. The number of hydrogen-bond acceptors (Lipinski definition) is 5. The van der Waals surface area contributed by atoms with Crippen molar-refractivity contribution in [2.45, 2.75) is 392 Å². The zero-order valence-corrected chi connectivity index (χ0v) is 50.8. The van der Waals surface area contributed by atoms with Crippen LogP contribution in [-0.4, -0.2) is 47.4 Å². The number of aliphatic hydroxyl groups is 2. The van der Waals surface area contributed by atoms with E-state index < -0.39 is 12.1 Å². The maximum atomic E-state index is 12.4. The first kappa shape index (κ1) is 73.3. The molecule has 1 amide bonds. The molecular weight excluding hydrogens is 923 g/mol. The maximum absolute atomic E-state index is 12.4. The Morgan fingerprint density at radius 1 is 0.360 bits per heavy atom. The lowest BCUT2D eigenvalue weighted by molar-refractivity contribution is -0.143. The third-order valence-corrected chi connectivity index (χ3v) is 16.0. The number of carbonyl (C=O) groups excluding carboxylic acids is 2. The van der Waals surface area contributed by atoms with Crippen molar-refractivity contribution in [1.82, 2.24) is 5.32 Å². The quantitative estimate of drug-likeness (QED) is 0.0320. The zero-order chi connectivity index (χ0) is 54.3. The largest absolute Gasteiger partial charge is 0.466 e. The van der Waals surface area contributed by atoms with Gasteiger partial charge in [-0.05, 0) is 57.8 Å². The zero-order valence-electron chi connectivity index (χ0n) is 50.8. The molecule has 0 saturated carbocycles. The summed E-state index contributed by atoms with van der Waals surface area (Å²) in [6, 6.07) is -0.622. The van der Waals surface area contributed by atoms with Crippen LogP contribution in [-0.2, 0) is 14.3 Å². The maximum Gasteiger partial charge on any atom is 0.305 e. The second-order valence-corrected chi connectivity index (χ2v) is 23.5. The number of hydrogen-bond donors (Lipinski definition) is 3. The highest BCUT2D eigenvalue weighted by molar-refractivity contribution is 5.76. The van der Waals surface area contributed by atoms with Gasteiger partial charge in [0, 0.05) is 12.8 Å². The van der Waals surface area contributed by atoms with E-state index in [-0.39, 0.29) is 18.5 Å². The van der Waals surface area contributed by atoms with E-state index in [0.29, 0.717) is 19.4 Å². The van der Waals surface area contributed by atoms with Gasteiger partial charge in [0.05, 0.1) is 25.4 Å². The van der Waals surface area contributed by atoms with Crippen molar-refractivity contribution < 1.29 is 24.5 Å². The lowest BCUT2D eigenvalue weighted by atomic mass is 10.0. The van der Waals surface area contributed by atoms with Crippen LogP contribution in [0.1, 0.15) is 380 Å². The molecule has 0 aromatic carbocycles. The number of allylic oxidation sites excluding steroid dienone is 3. The molecule has 0 bridgehead atoms. The number of ether oxygens (including phenoxy) is 1. The van der Waals surface area contributed by atoms with Crippen molar-refractivity contribution in [1.29, 1.82) is 0 Å². The molecule has 2 atom stereocenters. The van der Waals surface area contributed by atoms with Crippen molar-refractivity contribution in [3.63, 3.8) is 0 Å². The lowest BCUT2D eigenvalue weighted by Gasteiger charge is -2.20. The number of amides is 1. The van der Waals surface area contributed by atoms with Crippen molar-refractivity contribution in [2.24, 2.45) is 0 Å². The second-order valence-electron chi connectivity index (χ2n) is 23.5. The normalized spacial score (nSPS) is 12.6. The second kappa shape index (κ2) is 64.9. The molecule has 0 spiro atoms. The summed E-state index contributed by atoms with van der Waals surface area (Å²) in [6.45, 7) is 4.89. The average molecular weight is 1060 g/mol. The standard InChI is InChI=1S/C69H133NO5/c1-3-5-7-9-11-13-15-43-47-51-55-59-63-69(74)75-64-60-56-52-48-44-40-38-36-34-32-30-28-26-24-22-20-18-16-17-19-21-23-25-27-29-31-33-35-37-39-42-46-50-54-58-62-68(73)70-66(65-71)67(72)61-57-53-49-45-41-14-12-10-8-6-4-2/h11,13,57,61,66-67,71-72H,3-10,12,14-56,58-60,62-65H2,1-2H3,(H,70,73)/b13-11-,61-57+. The Morgan fingerprint density at radius 3 is 0.973 bits per heavy atom. The van der Waals surface area contributed by atoms with E-state index in [4.69, 9.17) is 4.74 Å². The van der Waals surface area contributed by atoms with E-state index in [0.717, 1.165) is 44.9 Å². The monoisotopic (exact) mass is 1060 g/mol. The lowest BCUT2D eigenvalue weighted by Crippen LogP contribution is -2.45. The summed E-state index contributed by atoms with van der Waals surface area (Å²) in [6.07, 6.45) is 81.3. The number of unbranched alkanes of at least 4 members (excludes halogenated alkanes) is 51. The van der Waals surface area contributed by atoms with E-state index >= 15 is 0 Å². The van der Waals surface area contributed by atoms with Crippen LogP contribution >= 0.6 is 0 Å². The van der Waals surface area contributed by atoms with Crippen LogP contribution < -0.4 is 5.32 Å². The minimum absolute atomic E-state index is 0.0125. The summed E-state index contributed by atoms with van der Waals surface area (Å²) in [5, 5.41) is 23.1. The number of esters is 1. The molecule has 3 N–H and O–H groups in total. The molecule has 0 aliphatic heterocycles. The molecule has 444 valence electrons. The summed E-state index contributed by atoms with van der Waals surface area (Å²) in [4.78, 5) is 24.5. The molecule has 0 heterocycles. The molecule has 0 rings (SSSR count). The van der Waals surface area contributed by atoms with Crippen LogP contribution in [0.15, 0.2) is 24.3 Å². The van der Waals surface area contributed by atoms with Crippen LogP contribution in [0.3, 0.4) is 0 Å². The van der Waals surface area contributed by atoms with Crippen LogP contribution in [0, 0.1) is 0 Å². The van der Waals surface area contributed by atoms with E-state index in [9.17, 15) is 19.8 Å². The van der Waals surface area contributed by atoms with Gasteiger partial charge in [-0.2, -0.15) is 0 Å². The van der Waals surface area contributed by atoms with Gasteiger partial charge in [0.1, 0.15) is 0 Å². The first-order chi connectivity index (χ1) is 37.0. The van der Waals surface area contributed by atoms with Gasteiger partial charge in [-0.3, -0.25) is 9.59 Å². The van der Waals surface area contributed by atoms with Gasteiger partial charge in [-0.15, -0.1) is 0 Å². The summed E-state index contributed by atoms with van der Waals surface area (Å²) in [5.74, 6) is -0.0499.